The molecule has 3 N–H and O–H groups in total. The third-order valence-corrected chi connectivity index (χ3v) is 3.01. The molecular weight excluding hydrogens is 244 g/mol. The molecule has 0 aliphatic carbocycles. The largest absolute Gasteiger partial charge is 0.481 e. The van der Waals surface area contributed by atoms with Gasteiger partial charge in [-0.1, -0.05) is 6.92 Å². The zero-order valence-electron chi connectivity index (χ0n) is 10.2. The predicted molar refractivity (Wildman–Crippen MR) is 66.4 cm³/mol. The smallest absolute Gasteiger partial charge is 0.315 e. The Morgan fingerprint density at radius 1 is 1.41 bits per heavy atom. The SMILES string of the molecule is CCC(CC(=O)O)NC(=O)NCCCS(C)=O. The number of aliphatic carboxylic acids is 1. The van der Waals surface area contributed by atoms with Crippen molar-refractivity contribution < 1.29 is 18.9 Å². The number of rotatable bonds is 8. The summed E-state index contributed by atoms with van der Waals surface area (Å²) < 4.78 is 10.8. The number of carboxylic acid groups (broad SMARTS) is 1. The molecule has 6 nitrogen and oxygen atoms in total. The van der Waals surface area contributed by atoms with Gasteiger partial charge in [0.2, 0.25) is 0 Å². The second kappa shape index (κ2) is 8.98. The maximum atomic E-state index is 11.3. The van der Waals surface area contributed by atoms with Crippen LogP contribution in [0.3, 0.4) is 0 Å². The second-order valence-corrected chi connectivity index (χ2v) is 5.29. The average molecular weight is 264 g/mol. The lowest BCUT2D eigenvalue weighted by Gasteiger charge is -2.15. The first-order chi connectivity index (χ1) is 7.95. The molecular formula is C10H20N2O4S. The lowest BCUT2D eigenvalue weighted by molar-refractivity contribution is -0.137. The van der Waals surface area contributed by atoms with E-state index >= 15 is 0 Å². The Labute approximate surface area is 104 Å². The van der Waals surface area contributed by atoms with Gasteiger partial charge in [-0.25, -0.2) is 4.79 Å². The Morgan fingerprint density at radius 3 is 2.53 bits per heavy atom. The van der Waals surface area contributed by atoms with Gasteiger partial charge in [-0.05, 0) is 12.8 Å². The summed E-state index contributed by atoms with van der Waals surface area (Å²) in [4.78, 5) is 21.8. The molecule has 0 heterocycles. The van der Waals surface area contributed by atoms with Crippen molar-refractivity contribution in [3.05, 3.63) is 0 Å². The molecule has 0 saturated carbocycles. The first-order valence-corrected chi connectivity index (χ1v) is 7.24. The van der Waals surface area contributed by atoms with E-state index in [0.717, 1.165) is 0 Å². The van der Waals surface area contributed by atoms with E-state index in [9.17, 15) is 13.8 Å². The summed E-state index contributed by atoms with van der Waals surface area (Å²) >= 11 is 0. The van der Waals surface area contributed by atoms with E-state index in [0.29, 0.717) is 25.1 Å². The fourth-order valence-electron chi connectivity index (χ4n) is 1.22. The number of hydrogen-bond donors (Lipinski definition) is 3. The Morgan fingerprint density at radius 2 is 2.06 bits per heavy atom. The Bertz CT molecular complexity index is 283. The van der Waals surface area contributed by atoms with E-state index in [1.807, 2.05) is 6.92 Å². The van der Waals surface area contributed by atoms with Gasteiger partial charge in [-0.2, -0.15) is 0 Å². The maximum Gasteiger partial charge on any atom is 0.315 e. The molecule has 2 unspecified atom stereocenters. The van der Waals surface area contributed by atoms with Crippen LogP contribution in [0.2, 0.25) is 0 Å². The summed E-state index contributed by atoms with van der Waals surface area (Å²) in [6, 6.07) is -0.729. The molecule has 0 aromatic heterocycles. The lowest BCUT2D eigenvalue weighted by Crippen LogP contribution is -2.43. The van der Waals surface area contributed by atoms with Crippen LogP contribution in [-0.2, 0) is 15.6 Å². The van der Waals surface area contributed by atoms with Gasteiger partial charge in [-0.3, -0.25) is 9.00 Å². The summed E-state index contributed by atoms with van der Waals surface area (Å²) in [5.74, 6) is -0.384. The summed E-state index contributed by atoms with van der Waals surface area (Å²) in [5, 5.41) is 13.8. The molecule has 17 heavy (non-hydrogen) atoms. The molecule has 2 amide bonds. The third-order valence-electron chi connectivity index (χ3n) is 2.14. The number of nitrogens with one attached hydrogen (secondary N) is 2. The van der Waals surface area contributed by atoms with E-state index in [4.69, 9.17) is 5.11 Å². The standard InChI is InChI=1S/C10H20N2O4S/c1-3-8(7-9(13)14)12-10(15)11-5-4-6-17(2)16/h8H,3-7H2,1-2H3,(H,13,14)(H2,11,12,15). The molecule has 0 bridgehead atoms. The van der Waals surface area contributed by atoms with Gasteiger partial charge in [0.1, 0.15) is 0 Å². The first kappa shape index (κ1) is 15.9. The van der Waals surface area contributed by atoms with Crippen LogP contribution in [0.4, 0.5) is 4.79 Å². The maximum absolute atomic E-state index is 11.3. The normalized spacial score (nSPS) is 13.8. The minimum absolute atomic E-state index is 0.0805. The van der Waals surface area contributed by atoms with Crippen molar-refractivity contribution in [2.24, 2.45) is 0 Å². The lowest BCUT2D eigenvalue weighted by atomic mass is 10.1. The number of amides is 2. The van der Waals surface area contributed by atoms with Crippen LogP contribution in [0, 0.1) is 0 Å². The van der Waals surface area contributed by atoms with Gasteiger partial charge in [0.25, 0.3) is 0 Å². The molecule has 0 fully saturated rings. The van der Waals surface area contributed by atoms with Crippen molar-refractivity contribution in [2.45, 2.75) is 32.2 Å². The van der Waals surface area contributed by atoms with Crippen molar-refractivity contribution in [1.82, 2.24) is 10.6 Å². The summed E-state index contributed by atoms with van der Waals surface area (Å²) in [6.45, 7) is 2.25. The van der Waals surface area contributed by atoms with Crippen LogP contribution < -0.4 is 10.6 Å². The Balaban J connectivity index is 3.75. The van der Waals surface area contributed by atoms with E-state index in [2.05, 4.69) is 10.6 Å². The van der Waals surface area contributed by atoms with Crippen molar-refractivity contribution in [3.63, 3.8) is 0 Å². The number of carbonyl (C=O) groups excluding carboxylic acids is 1. The first-order valence-electron chi connectivity index (χ1n) is 5.51. The number of urea groups is 1. The van der Waals surface area contributed by atoms with E-state index < -0.39 is 16.8 Å². The molecule has 0 aliphatic heterocycles. The van der Waals surface area contributed by atoms with Crippen molar-refractivity contribution >= 4 is 22.8 Å². The molecule has 100 valence electrons. The highest BCUT2D eigenvalue weighted by Crippen LogP contribution is 1.97. The van der Waals surface area contributed by atoms with Gasteiger partial charge in [0, 0.05) is 35.4 Å². The molecule has 2 atom stereocenters. The van der Waals surface area contributed by atoms with E-state index in [1.165, 1.54) is 0 Å². The van der Waals surface area contributed by atoms with Crippen molar-refractivity contribution in [3.8, 4) is 0 Å². The van der Waals surface area contributed by atoms with Crippen LogP contribution in [0.15, 0.2) is 0 Å². The van der Waals surface area contributed by atoms with E-state index in [1.54, 1.807) is 6.26 Å². The average Bonchev–Trinajstić information content (AvgIpc) is 2.22. The topological polar surface area (TPSA) is 95.5 Å². The molecule has 0 spiro atoms. The van der Waals surface area contributed by atoms with Gasteiger partial charge in [0.15, 0.2) is 0 Å². The summed E-state index contributed by atoms with van der Waals surface area (Å²) in [6.07, 6.45) is 2.74. The zero-order valence-corrected chi connectivity index (χ0v) is 11.0. The highest BCUT2D eigenvalue weighted by atomic mass is 32.2. The molecule has 0 rings (SSSR count). The zero-order chi connectivity index (χ0) is 13.3. The van der Waals surface area contributed by atoms with Gasteiger partial charge < -0.3 is 15.7 Å². The van der Waals surface area contributed by atoms with Crippen LogP contribution in [0.1, 0.15) is 26.2 Å². The minimum atomic E-state index is -0.932. The number of carbonyl (C=O) groups is 2. The van der Waals surface area contributed by atoms with Crippen molar-refractivity contribution in [2.75, 3.05) is 18.6 Å². The predicted octanol–water partition coefficient (Wildman–Crippen LogP) is 0.308. The fraction of sp³-hybridized carbons (Fsp3) is 0.800. The Hall–Kier alpha value is -1.11. The van der Waals surface area contributed by atoms with Crippen molar-refractivity contribution in [1.29, 1.82) is 0 Å². The molecule has 0 aliphatic rings. The quantitative estimate of drug-likeness (QED) is 0.550. The van der Waals surface area contributed by atoms with Gasteiger partial charge in [-0.15, -0.1) is 0 Å². The molecule has 0 saturated heterocycles. The highest BCUT2D eigenvalue weighted by molar-refractivity contribution is 7.84. The van der Waals surface area contributed by atoms with Crippen LogP contribution in [-0.4, -0.2) is 45.9 Å². The minimum Gasteiger partial charge on any atom is -0.481 e. The summed E-state index contributed by atoms with van der Waals surface area (Å²) in [5.41, 5.74) is 0. The van der Waals surface area contributed by atoms with E-state index in [-0.39, 0.29) is 18.5 Å². The van der Waals surface area contributed by atoms with Crippen LogP contribution >= 0.6 is 0 Å². The molecule has 0 aromatic rings. The van der Waals surface area contributed by atoms with Gasteiger partial charge in [0.05, 0.1) is 6.42 Å². The van der Waals surface area contributed by atoms with Crippen LogP contribution in [0.25, 0.3) is 0 Å². The Kier molecular flexibility index (Phi) is 8.39. The number of hydrogen-bond acceptors (Lipinski definition) is 3. The molecule has 0 aromatic carbocycles. The number of carboxylic acids is 1. The monoisotopic (exact) mass is 264 g/mol. The molecule has 0 radical (unpaired) electrons. The van der Waals surface area contributed by atoms with Crippen LogP contribution in [0.5, 0.6) is 0 Å². The van der Waals surface area contributed by atoms with Gasteiger partial charge >= 0.3 is 12.0 Å². The highest BCUT2D eigenvalue weighted by Gasteiger charge is 2.13. The summed E-state index contributed by atoms with van der Waals surface area (Å²) in [7, 11) is -0.850. The third kappa shape index (κ3) is 9.80. The fourth-order valence-corrected chi connectivity index (χ4v) is 1.77. The second-order valence-electron chi connectivity index (χ2n) is 3.73. The molecule has 7 heteroatoms.